The zero-order valence-corrected chi connectivity index (χ0v) is 15.5. The van der Waals surface area contributed by atoms with Crippen LogP contribution in [0.1, 0.15) is 12.8 Å². The van der Waals surface area contributed by atoms with Crippen molar-refractivity contribution >= 4 is 32.4 Å². The summed E-state index contributed by atoms with van der Waals surface area (Å²) in [5.74, 6) is -0.707. The fraction of sp³-hybridized carbons (Fsp3) is 0.353. The maximum Gasteiger partial charge on any atom is 0.278 e. The molecule has 2 aromatic carbocycles. The number of benzene rings is 2. The van der Waals surface area contributed by atoms with Crippen LogP contribution in [0.4, 0.5) is 5.69 Å². The van der Waals surface area contributed by atoms with E-state index in [2.05, 4.69) is 0 Å². The number of non-ortho nitro benzene ring substituents is 1. The molecule has 0 radical (unpaired) electrons. The quantitative estimate of drug-likeness (QED) is 0.370. The van der Waals surface area contributed by atoms with Crippen molar-refractivity contribution in [1.82, 2.24) is 4.72 Å². The van der Waals surface area contributed by atoms with Gasteiger partial charge >= 0.3 is 0 Å². The molecule has 0 bridgehead atoms. The predicted octanol–water partition coefficient (Wildman–Crippen LogP) is 2.00. The molecule has 0 spiro atoms. The lowest BCUT2D eigenvalue weighted by Crippen LogP contribution is -2.30. The smallest absolute Gasteiger partial charge is 0.278 e. The molecule has 0 saturated carbocycles. The molecule has 0 aliphatic heterocycles. The summed E-state index contributed by atoms with van der Waals surface area (Å²) in [6, 6.07) is 8.54. The zero-order chi connectivity index (χ0) is 19.9. The highest BCUT2D eigenvalue weighted by atomic mass is 32.2. The molecule has 0 atom stereocenters. The van der Waals surface area contributed by atoms with Crippen molar-refractivity contribution in [3.63, 3.8) is 0 Å². The summed E-state index contributed by atoms with van der Waals surface area (Å²) < 4.78 is 37.2. The van der Waals surface area contributed by atoms with Crippen LogP contribution in [0.5, 0.6) is 0 Å². The van der Waals surface area contributed by atoms with Gasteiger partial charge in [-0.1, -0.05) is 24.3 Å². The number of ether oxygens (including phenoxy) is 2. The van der Waals surface area contributed by atoms with E-state index in [0.29, 0.717) is 25.0 Å². The number of carbonyl (C=O) groups is 1. The first-order valence-corrected chi connectivity index (χ1v) is 9.63. The monoisotopic (exact) mass is 396 g/mol. The van der Waals surface area contributed by atoms with E-state index in [1.54, 1.807) is 19.2 Å². The third-order valence-corrected chi connectivity index (χ3v) is 5.12. The summed E-state index contributed by atoms with van der Waals surface area (Å²) in [6.07, 6.45) is 0.278. The number of hydrogen-bond acceptors (Lipinski definition) is 7. The second-order valence-corrected chi connectivity index (χ2v) is 7.28. The van der Waals surface area contributed by atoms with Crippen molar-refractivity contribution in [3.8, 4) is 0 Å². The average Bonchev–Trinajstić information content (AvgIpc) is 2.63. The van der Waals surface area contributed by atoms with Gasteiger partial charge in [0.2, 0.25) is 5.91 Å². The molecule has 9 nitrogen and oxygen atoms in total. The number of fused-ring (bicyclic) bond motifs is 1. The average molecular weight is 396 g/mol. The number of nitro benzene ring substituents is 1. The molecule has 2 aromatic rings. The van der Waals surface area contributed by atoms with Gasteiger partial charge in [0, 0.05) is 26.2 Å². The normalized spacial score (nSPS) is 11.4. The third-order valence-electron chi connectivity index (χ3n) is 3.70. The first kappa shape index (κ1) is 20.7. The summed E-state index contributed by atoms with van der Waals surface area (Å²) >= 11 is 0. The number of methoxy groups -OCH3 is 1. The highest BCUT2D eigenvalue weighted by molar-refractivity contribution is 7.90. The van der Waals surface area contributed by atoms with Crippen LogP contribution in [0.3, 0.4) is 0 Å². The molecule has 0 heterocycles. The van der Waals surface area contributed by atoms with Crippen molar-refractivity contribution in [2.24, 2.45) is 0 Å². The van der Waals surface area contributed by atoms with Crippen LogP contribution >= 0.6 is 0 Å². The summed E-state index contributed by atoms with van der Waals surface area (Å²) in [5.41, 5.74) is -0.340. The summed E-state index contributed by atoms with van der Waals surface area (Å²) in [4.78, 5) is 22.3. The Bertz CT molecular complexity index is 923. The number of carbonyl (C=O) groups excluding carboxylic acids is 1. The van der Waals surface area contributed by atoms with E-state index in [1.807, 2.05) is 4.72 Å². The van der Waals surface area contributed by atoms with Crippen molar-refractivity contribution in [1.29, 1.82) is 0 Å². The van der Waals surface area contributed by atoms with Crippen molar-refractivity contribution < 1.29 is 27.6 Å². The molecular weight excluding hydrogens is 376 g/mol. The van der Waals surface area contributed by atoms with Gasteiger partial charge in [-0.25, -0.2) is 13.1 Å². The molecule has 146 valence electrons. The van der Waals surface area contributed by atoms with E-state index < -0.39 is 20.9 Å². The van der Waals surface area contributed by atoms with Gasteiger partial charge < -0.3 is 9.47 Å². The van der Waals surface area contributed by atoms with Gasteiger partial charge in [-0.05, 0) is 17.9 Å². The van der Waals surface area contributed by atoms with E-state index >= 15 is 0 Å². The molecular formula is C17H20N2O7S. The van der Waals surface area contributed by atoms with Gasteiger partial charge in [-0.2, -0.15) is 0 Å². The lowest BCUT2D eigenvalue weighted by molar-refractivity contribution is -0.383. The lowest BCUT2D eigenvalue weighted by Gasteiger charge is -2.10. The number of amides is 1. The summed E-state index contributed by atoms with van der Waals surface area (Å²) in [5, 5.41) is 11.6. The minimum atomic E-state index is -4.26. The van der Waals surface area contributed by atoms with E-state index in [-0.39, 0.29) is 29.0 Å². The van der Waals surface area contributed by atoms with Crippen LogP contribution in [0, 0.1) is 10.1 Å². The van der Waals surface area contributed by atoms with Crippen molar-refractivity contribution in [2.75, 3.05) is 26.9 Å². The number of sulfonamides is 1. The maximum atomic E-state index is 12.6. The second kappa shape index (κ2) is 9.40. The topological polar surface area (TPSA) is 125 Å². The van der Waals surface area contributed by atoms with Gasteiger partial charge in [0.1, 0.15) is 4.90 Å². The SMILES string of the molecule is COCCOCCCC(=O)NS(=O)(=O)c1cccc2cccc([N+](=O)[O-])c12. The number of hydrogen-bond donors (Lipinski definition) is 1. The standard InChI is InChI=1S/C17H20N2O7S/c1-25-11-12-26-10-4-9-16(20)18-27(23,24)15-8-3-6-13-5-2-7-14(17(13)15)19(21)22/h2-3,5-8H,4,9-12H2,1H3,(H,18,20). The summed E-state index contributed by atoms with van der Waals surface area (Å²) in [7, 11) is -2.72. The molecule has 2 rings (SSSR count). The Morgan fingerprint density at radius 3 is 2.52 bits per heavy atom. The molecule has 0 aromatic heterocycles. The number of nitrogens with one attached hydrogen (secondary N) is 1. The number of nitro groups is 1. The number of nitrogens with zero attached hydrogens (tertiary/aromatic N) is 1. The fourth-order valence-corrected chi connectivity index (χ4v) is 3.76. The van der Waals surface area contributed by atoms with Gasteiger partial charge in [0.25, 0.3) is 15.7 Å². The molecule has 1 amide bonds. The molecule has 0 aliphatic carbocycles. The van der Waals surface area contributed by atoms with Gasteiger partial charge in [0.15, 0.2) is 0 Å². The first-order valence-electron chi connectivity index (χ1n) is 8.15. The minimum Gasteiger partial charge on any atom is -0.382 e. The largest absolute Gasteiger partial charge is 0.382 e. The highest BCUT2D eigenvalue weighted by Crippen LogP contribution is 2.31. The van der Waals surface area contributed by atoms with Gasteiger partial charge in [0.05, 0.1) is 23.5 Å². The highest BCUT2D eigenvalue weighted by Gasteiger charge is 2.25. The van der Waals surface area contributed by atoms with Crippen LogP contribution < -0.4 is 4.72 Å². The Labute approximate surface area is 156 Å². The summed E-state index contributed by atoms with van der Waals surface area (Å²) in [6.45, 7) is 1.10. The van der Waals surface area contributed by atoms with Gasteiger partial charge in [-0.3, -0.25) is 14.9 Å². The molecule has 27 heavy (non-hydrogen) atoms. The van der Waals surface area contributed by atoms with E-state index in [4.69, 9.17) is 9.47 Å². The lowest BCUT2D eigenvalue weighted by atomic mass is 10.1. The van der Waals surface area contributed by atoms with E-state index in [1.165, 1.54) is 24.3 Å². The minimum absolute atomic E-state index is 0.0341. The fourth-order valence-electron chi connectivity index (χ4n) is 2.50. The van der Waals surface area contributed by atoms with Crippen molar-refractivity contribution in [2.45, 2.75) is 17.7 Å². The predicted molar refractivity (Wildman–Crippen MR) is 97.9 cm³/mol. The Morgan fingerprint density at radius 1 is 1.15 bits per heavy atom. The molecule has 0 fully saturated rings. The van der Waals surface area contributed by atoms with Crippen LogP contribution in [-0.2, 0) is 24.3 Å². The second-order valence-electron chi connectivity index (χ2n) is 5.63. The maximum absolute atomic E-state index is 12.6. The molecule has 1 N–H and O–H groups in total. The van der Waals surface area contributed by atoms with Gasteiger partial charge in [-0.15, -0.1) is 0 Å². The first-order chi connectivity index (χ1) is 12.9. The molecule has 0 unspecified atom stereocenters. The molecule has 0 saturated heterocycles. The third kappa shape index (κ3) is 5.46. The Kier molecular flexibility index (Phi) is 7.22. The van der Waals surface area contributed by atoms with Crippen LogP contribution in [-0.4, -0.2) is 46.2 Å². The van der Waals surface area contributed by atoms with E-state index in [9.17, 15) is 23.3 Å². The molecule has 0 aliphatic rings. The van der Waals surface area contributed by atoms with Crippen LogP contribution in [0.2, 0.25) is 0 Å². The van der Waals surface area contributed by atoms with E-state index in [0.717, 1.165) is 0 Å². The Balaban J connectivity index is 2.15. The Morgan fingerprint density at radius 2 is 1.85 bits per heavy atom. The zero-order valence-electron chi connectivity index (χ0n) is 14.7. The van der Waals surface area contributed by atoms with Crippen LogP contribution in [0.15, 0.2) is 41.3 Å². The van der Waals surface area contributed by atoms with Crippen LogP contribution in [0.25, 0.3) is 10.8 Å². The van der Waals surface area contributed by atoms with Crippen molar-refractivity contribution in [3.05, 3.63) is 46.5 Å². The Hall–Kier alpha value is -2.56. The number of rotatable bonds is 10. The molecule has 10 heteroatoms.